The van der Waals surface area contributed by atoms with Crippen molar-refractivity contribution in [3.05, 3.63) is 0 Å². The van der Waals surface area contributed by atoms with Gasteiger partial charge in [-0.15, -0.1) is 4.83 Å². The standard InChI is InChI=1S/C5H14N4O3S/c1-4-13(11,12)8-6-5(10)7-9(2)3/h8H,4H2,1-3H3,(H2,6,7,10). The van der Waals surface area contributed by atoms with Gasteiger partial charge >= 0.3 is 6.03 Å². The zero-order chi connectivity index (χ0) is 10.5. The van der Waals surface area contributed by atoms with Gasteiger partial charge in [0.1, 0.15) is 0 Å². The van der Waals surface area contributed by atoms with E-state index in [2.05, 4.69) is 5.43 Å². The predicted octanol–water partition coefficient (Wildman–Crippen LogP) is -1.38. The van der Waals surface area contributed by atoms with Crippen LogP contribution in [0.25, 0.3) is 0 Å². The molecule has 78 valence electrons. The third-order valence-corrected chi connectivity index (χ3v) is 2.20. The minimum absolute atomic E-state index is 0.0881. The van der Waals surface area contributed by atoms with Crippen molar-refractivity contribution >= 4 is 16.1 Å². The summed E-state index contributed by atoms with van der Waals surface area (Å²) in [5.74, 6) is -0.0881. The lowest BCUT2D eigenvalue weighted by Gasteiger charge is -2.12. The molecule has 0 atom stereocenters. The molecule has 0 unspecified atom stereocenters. The first-order valence-electron chi connectivity index (χ1n) is 3.61. The number of nitrogens with zero attached hydrogens (tertiary/aromatic N) is 1. The maximum absolute atomic E-state index is 10.8. The minimum Gasteiger partial charge on any atom is -0.270 e. The fourth-order valence-electron chi connectivity index (χ4n) is 0.427. The molecule has 0 aliphatic rings. The highest BCUT2D eigenvalue weighted by Gasteiger charge is 2.07. The number of hydrogen-bond acceptors (Lipinski definition) is 4. The van der Waals surface area contributed by atoms with Gasteiger partial charge in [0, 0.05) is 14.1 Å². The van der Waals surface area contributed by atoms with E-state index in [1.165, 1.54) is 11.9 Å². The van der Waals surface area contributed by atoms with Crippen molar-refractivity contribution in [2.24, 2.45) is 0 Å². The van der Waals surface area contributed by atoms with E-state index >= 15 is 0 Å². The summed E-state index contributed by atoms with van der Waals surface area (Å²) in [6.45, 7) is 1.47. The molecular weight excluding hydrogens is 196 g/mol. The van der Waals surface area contributed by atoms with Crippen LogP contribution in [-0.4, -0.2) is 39.3 Å². The van der Waals surface area contributed by atoms with Crippen LogP contribution >= 0.6 is 0 Å². The van der Waals surface area contributed by atoms with E-state index in [1.54, 1.807) is 14.1 Å². The Hall–Kier alpha value is -0.860. The number of amides is 2. The first-order chi connectivity index (χ1) is 5.87. The molecule has 8 heteroatoms. The number of rotatable bonds is 4. The molecule has 0 spiro atoms. The molecule has 0 radical (unpaired) electrons. The maximum Gasteiger partial charge on any atom is 0.344 e. The molecule has 3 N–H and O–H groups in total. The van der Waals surface area contributed by atoms with Crippen LogP contribution in [0.15, 0.2) is 0 Å². The zero-order valence-corrected chi connectivity index (χ0v) is 8.60. The number of urea groups is 1. The smallest absolute Gasteiger partial charge is 0.270 e. The Morgan fingerprint density at radius 2 is 1.92 bits per heavy atom. The summed E-state index contributed by atoms with van der Waals surface area (Å²) in [6, 6.07) is -0.637. The Balaban J connectivity index is 3.84. The van der Waals surface area contributed by atoms with E-state index in [1.807, 2.05) is 10.3 Å². The SMILES string of the molecule is CCS(=O)(=O)NNC(=O)NN(C)C. The summed E-state index contributed by atoms with van der Waals surface area (Å²) in [5.41, 5.74) is 4.27. The summed E-state index contributed by atoms with van der Waals surface area (Å²) < 4.78 is 21.6. The van der Waals surface area contributed by atoms with Crippen molar-refractivity contribution in [3.8, 4) is 0 Å². The van der Waals surface area contributed by atoms with E-state index in [0.717, 1.165) is 0 Å². The Morgan fingerprint density at radius 1 is 1.38 bits per heavy atom. The molecule has 0 aliphatic heterocycles. The molecule has 0 aromatic carbocycles. The lowest BCUT2D eigenvalue weighted by Crippen LogP contribution is -2.50. The van der Waals surface area contributed by atoms with Gasteiger partial charge in [-0.05, 0) is 6.92 Å². The second-order valence-electron chi connectivity index (χ2n) is 2.47. The maximum atomic E-state index is 10.8. The van der Waals surface area contributed by atoms with Gasteiger partial charge in [0.2, 0.25) is 10.0 Å². The van der Waals surface area contributed by atoms with Gasteiger partial charge < -0.3 is 0 Å². The van der Waals surface area contributed by atoms with E-state index in [9.17, 15) is 13.2 Å². The number of sulfonamides is 1. The number of hydrazine groups is 2. The van der Waals surface area contributed by atoms with Crippen molar-refractivity contribution in [1.82, 2.24) is 20.7 Å². The molecule has 2 amide bonds. The van der Waals surface area contributed by atoms with Crippen molar-refractivity contribution in [2.45, 2.75) is 6.92 Å². The molecule has 13 heavy (non-hydrogen) atoms. The molecule has 0 aromatic heterocycles. The molecule has 0 rings (SSSR count). The van der Waals surface area contributed by atoms with E-state index in [4.69, 9.17) is 0 Å². The summed E-state index contributed by atoms with van der Waals surface area (Å²) in [6.07, 6.45) is 0. The van der Waals surface area contributed by atoms with Gasteiger partial charge in [-0.3, -0.25) is 10.9 Å². The highest BCUT2D eigenvalue weighted by Crippen LogP contribution is 1.77. The highest BCUT2D eigenvalue weighted by molar-refractivity contribution is 7.89. The quantitative estimate of drug-likeness (QED) is 0.499. The summed E-state index contributed by atoms with van der Waals surface area (Å²) >= 11 is 0. The first-order valence-corrected chi connectivity index (χ1v) is 5.26. The van der Waals surface area contributed by atoms with E-state index in [0.29, 0.717) is 0 Å². The molecule has 0 aromatic rings. The molecule has 7 nitrogen and oxygen atoms in total. The first kappa shape index (κ1) is 12.1. The normalized spacial score (nSPS) is 11.4. The fourth-order valence-corrected chi connectivity index (χ4v) is 0.820. The lowest BCUT2D eigenvalue weighted by molar-refractivity contribution is 0.211. The average molecular weight is 210 g/mol. The molecular formula is C5H14N4O3S. The fraction of sp³-hybridized carbons (Fsp3) is 0.800. The molecule has 0 saturated carbocycles. The van der Waals surface area contributed by atoms with E-state index in [-0.39, 0.29) is 5.75 Å². The third kappa shape index (κ3) is 6.31. The van der Waals surface area contributed by atoms with Crippen LogP contribution < -0.4 is 15.7 Å². The summed E-state index contributed by atoms with van der Waals surface area (Å²) in [4.78, 5) is 12.7. The largest absolute Gasteiger partial charge is 0.344 e. The van der Waals surface area contributed by atoms with E-state index < -0.39 is 16.1 Å². The van der Waals surface area contributed by atoms with Crippen molar-refractivity contribution in [1.29, 1.82) is 0 Å². The molecule has 0 fully saturated rings. The highest BCUT2D eigenvalue weighted by atomic mass is 32.2. The van der Waals surface area contributed by atoms with Gasteiger partial charge in [0.15, 0.2) is 0 Å². The Morgan fingerprint density at radius 3 is 2.31 bits per heavy atom. The van der Waals surface area contributed by atoms with Crippen LogP contribution in [0.5, 0.6) is 0 Å². The van der Waals surface area contributed by atoms with Gasteiger partial charge in [-0.25, -0.2) is 18.2 Å². The Kier molecular flexibility index (Phi) is 4.67. The van der Waals surface area contributed by atoms with Crippen LogP contribution in [-0.2, 0) is 10.0 Å². The number of nitrogens with one attached hydrogen (secondary N) is 3. The Bertz CT molecular complexity index is 261. The van der Waals surface area contributed by atoms with Gasteiger partial charge in [0.05, 0.1) is 5.75 Å². The summed E-state index contributed by atoms with van der Waals surface area (Å²) in [5, 5.41) is 1.38. The van der Waals surface area contributed by atoms with Crippen LogP contribution in [0.1, 0.15) is 6.92 Å². The minimum atomic E-state index is -3.39. The van der Waals surface area contributed by atoms with Gasteiger partial charge in [-0.1, -0.05) is 0 Å². The van der Waals surface area contributed by atoms with Gasteiger partial charge in [-0.2, -0.15) is 0 Å². The topological polar surface area (TPSA) is 90.5 Å². The summed E-state index contributed by atoms with van der Waals surface area (Å²) in [7, 11) is -0.181. The Labute approximate surface area is 77.5 Å². The van der Waals surface area contributed by atoms with Crippen molar-refractivity contribution in [2.75, 3.05) is 19.8 Å². The lowest BCUT2D eigenvalue weighted by atomic mass is 11.0. The predicted molar refractivity (Wildman–Crippen MR) is 48.0 cm³/mol. The van der Waals surface area contributed by atoms with Crippen LogP contribution in [0.2, 0.25) is 0 Å². The van der Waals surface area contributed by atoms with Crippen LogP contribution in [0.4, 0.5) is 4.79 Å². The molecule has 0 heterocycles. The van der Waals surface area contributed by atoms with Crippen LogP contribution in [0.3, 0.4) is 0 Å². The van der Waals surface area contributed by atoms with Gasteiger partial charge in [0.25, 0.3) is 0 Å². The average Bonchev–Trinajstić information content (AvgIpc) is 2.00. The third-order valence-electron chi connectivity index (χ3n) is 1.03. The second-order valence-corrected chi connectivity index (χ2v) is 4.48. The monoisotopic (exact) mass is 210 g/mol. The molecule has 0 saturated heterocycles. The number of carbonyl (C=O) groups excluding carboxylic acids is 1. The second kappa shape index (κ2) is 5.00. The van der Waals surface area contributed by atoms with Crippen molar-refractivity contribution < 1.29 is 13.2 Å². The molecule has 0 bridgehead atoms. The van der Waals surface area contributed by atoms with Crippen molar-refractivity contribution in [3.63, 3.8) is 0 Å². The molecule has 0 aliphatic carbocycles. The zero-order valence-electron chi connectivity index (χ0n) is 7.79. The van der Waals surface area contributed by atoms with Crippen LogP contribution in [0, 0.1) is 0 Å². The number of carbonyl (C=O) groups is 1. The number of hydrogen-bond donors (Lipinski definition) is 3.